The molecule has 7 heteroatoms. The van der Waals surface area contributed by atoms with Gasteiger partial charge in [-0.05, 0) is 24.3 Å². The van der Waals surface area contributed by atoms with Gasteiger partial charge in [0.05, 0.1) is 27.8 Å². The fourth-order valence-corrected chi connectivity index (χ4v) is 2.80. The van der Waals surface area contributed by atoms with Crippen LogP contribution < -0.4 is 5.56 Å². The maximum Gasteiger partial charge on any atom is 0.281 e. The van der Waals surface area contributed by atoms with Gasteiger partial charge < -0.3 is 4.42 Å². The summed E-state index contributed by atoms with van der Waals surface area (Å²) < 4.78 is 5.27. The van der Waals surface area contributed by atoms with Crippen LogP contribution in [0.3, 0.4) is 0 Å². The van der Waals surface area contributed by atoms with Crippen molar-refractivity contribution in [2.24, 2.45) is 0 Å². The molecule has 0 aliphatic rings. The Bertz CT molecular complexity index is 1150. The highest BCUT2D eigenvalue weighted by atomic mass is 16.6. The molecule has 0 fully saturated rings. The maximum atomic E-state index is 11.9. The predicted molar refractivity (Wildman–Crippen MR) is 92.2 cm³/mol. The van der Waals surface area contributed by atoms with Crippen molar-refractivity contribution in [3.05, 3.63) is 81.3 Å². The first-order valence-electron chi connectivity index (χ1n) is 7.45. The summed E-state index contributed by atoms with van der Waals surface area (Å²) in [7, 11) is 0. The van der Waals surface area contributed by atoms with Crippen LogP contribution in [0.4, 0.5) is 5.69 Å². The Hall–Kier alpha value is -3.74. The van der Waals surface area contributed by atoms with Crippen molar-refractivity contribution < 1.29 is 9.34 Å². The highest BCUT2D eigenvalue weighted by molar-refractivity contribution is 5.94. The van der Waals surface area contributed by atoms with E-state index in [0.29, 0.717) is 33.4 Å². The second-order valence-electron chi connectivity index (χ2n) is 5.41. The van der Waals surface area contributed by atoms with Crippen molar-refractivity contribution >= 4 is 16.5 Å². The lowest BCUT2D eigenvalue weighted by molar-refractivity contribution is -0.384. The number of aromatic nitrogens is 2. The van der Waals surface area contributed by atoms with Crippen LogP contribution in [0.5, 0.6) is 0 Å². The number of H-pyrrole nitrogens is 1. The van der Waals surface area contributed by atoms with Crippen molar-refractivity contribution in [2.45, 2.75) is 0 Å². The molecule has 2 aromatic heterocycles. The van der Waals surface area contributed by atoms with Crippen LogP contribution in [0.15, 0.2) is 70.1 Å². The molecule has 122 valence electrons. The molecule has 0 radical (unpaired) electrons. The molecule has 4 aromatic rings. The number of hydrogen-bond donors (Lipinski definition) is 1. The number of benzene rings is 2. The quantitative estimate of drug-likeness (QED) is 0.454. The number of nitrogens with zero attached hydrogens (tertiary/aromatic N) is 2. The van der Waals surface area contributed by atoms with Crippen molar-refractivity contribution in [3.63, 3.8) is 0 Å². The molecule has 7 nitrogen and oxygen atoms in total. The van der Waals surface area contributed by atoms with E-state index in [2.05, 4.69) is 10.2 Å². The summed E-state index contributed by atoms with van der Waals surface area (Å²) in [5, 5.41) is 19.1. The van der Waals surface area contributed by atoms with Gasteiger partial charge in [-0.15, -0.1) is 0 Å². The number of rotatable bonds is 3. The lowest BCUT2D eigenvalue weighted by Crippen LogP contribution is -2.09. The molecule has 0 unspecified atom stereocenters. The van der Waals surface area contributed by atoms with Gasteiger partial charge in [0.25, 0.3) is 11.2 Å². The number of hydrogen-bond acceptors (Lipinski definition) is 5. The average Bonchev–Trinajstić information content (AvgIpc) is 3.16. The first kappa shape index (κ1) is 14.8. The number of fused-ring (bicyclic) bond motifs is 1. The Morgan fingerprint density at radius 2 is 1.84 bits per heavy atom. The van der Waals surface area contributed by atoms with Crippen molar-refractivity contribution in [1.82, 2.24) is 10.2 Å². The molecule has 0 aliphatic heterocycles. The fourth-order valence-electron chi connectivity index (χ4n) is 2.80. The van der Waals surface area contributed by atoms with Gasteiger partial charge in [-0.2, -0.15) is 5.10 Å². The van der Waals surface area contributed by atoms with Gasteiger partial charge >= 0.3 is 0 Å². The monoisotopic (exact) mass is 333 g/mol. The number of aromatic amines is 1. The molecule has 2 heterocycles. The molecule has 0 bridgehead atoms. The van der Waals surface area contributed by atoms with Crippen molar-refractivity contribution in [1.29, 1.82) is 0 Å². The Kier molecular flexibility index (Phi) is 3.39. The molecule has 4 rings (SSSR count). The van der Waals surface area contributed by atoms with Gasteiger partial charge in [-0.25, -0.2) is 5.10 Å². The standard InChI is InChI=1S/C18H11N3O4/c22-18-13-5-2-1-4-12(13)17(19-20-18)11-7-8-14(15(10-11)21(23)24)16-6-3-9-25-16/h1-10H,(H,20,22). The van der Waals surface area contributed by atoms with E-state index >= 15 is 0 Å². The highest BCUT2D eigenvalue weighted by Gasteiger charge is 2.20. The average molecular weight is 333 g/mol. The van der Waals surface area contributed by atoms with Crippen LogP contribution in [0.2, 0.25) is 0 Å². The van der Waals surface area contributed by atoms with E-state index in [9.17, 15) is 14.9 Å². The van der Waals surface area contributed by atoms with Crippen LogP contribution in [-0.4, -0.2) is 15.1 Å². The van der Waals surface area contributed by atoms with Crippen LogP contribution in [0, 0.1) is 10.1 Å². The van der Waals surface area contributed by atoms with E-state index < -0.39 is 4.92 Å². The second kappa shape index (κ2) is 5.72. The number of furan rings is 1. The molecule has 2 aromatic carbocycles. The first-order chi connectivity index (χ1) is 12.1. The molecular formula is C18H11N3O4. The van der Waals surface area contributed by atoms with E-state index in [1.807, 2.05) is 0 Å². The van der Waals surface area contributed by atoms with E-state index in [1.54, 1.807) is 48.5 Å². The van der Waals surface area contributed by atoms with Gasteiger partial charge in [0.15, 0.2) is 0 Å². The topological polar surface area (TPSA) is 102 Å². The minimum atomic E-state index is -0.463. The van der Waals surface area contributed by atoms with Gasteiger partial charge in [0, 0.05) is 17.0 Å². The summed E-state index contributed by atoms with van der Waals surface area (Å²) in [6.45, 7) is 0. The molecule has 1 N–H and O–H groups in total. The molecule has 0 atom stereocenters. The number of nitro benzene ring substituents is 1. The summed E-state index contributed by atoms with van der Waals surface area (Å²) in [6.07, 6.45) is 1.46. The SMILES string of the molecule is O=c1[nH]nc(-c2ccc(-c3ccco3)c([N+](=O)[O-])c2)c2ccccc12. The zero-order valence-corrected chi connectivity index (χ0v) is 12.8. The Morgan fingerprint density at radius 1 is 1.04 bits per heavy atom. The van der Waals surface area contributed by atoms with Crippen molar-refractivity contribution in [3.8, 4) is 22.6 Å². The van der Waals surface area contributed by atoms with Gasteiger partial charge in [-0.1, -0.05) is 24.3 Å². The van der Waals surface area contributed by atoms with E-state index in [1.165, 1.54) is 12.3 Å². The second-order valence-corrected chi connectivity index (χ2v) is 5.41. The molecule has 0 saturated carbocycles. The first-order valence-corrected chi connectivity index (χ1v) is 7.45. The zero-order valence-electron chi connectivity index (χ0n) is 12.8. The van der Waals surface area contributed by atoms with E-state index in [4.69, 9.17) is 4.42 Å². The van der Waals surface area contributed by atoms with Crippen LogP contribution in [0.25, 0.3) is 33.4 Å². The van der Waals surface area contributed by atoms with Crippen LogP contribution >= 0.6 is 0 Å². The van der Waals surface area contributed by atoms with E-state index in [0.717, 1.165) is 0 Å². The molecule has 0 saturated heterocycles. The summed E-state index contributed by atoms with van der Waals surface area (Å²) in [4.78, 5) is 22.9. The summed E-state index contributed by atoms with van der Waals surface area (Å²) in [6, 6.07) is 15.1. The Morgan fingerprint density at radius 3 is 2.56 bits per heavy atom. The lowest BCUT2D eigenvalue weighted by atomic mass is 10.0. The number of nitrogens with one attached hydrogen (secondary N) is 1. The third kappa shape index (κ3) is 2.47. The minimum Gasteiger partial charge on any atom is -0.464 e. The maximum absolute atomic E-state index is 11.9. The summed E-state index contributed by atoms with van der Waals surface area (Å²) in [5.74, 6) is 0.414. The third-order valence-corrected chi connectivity index (χ3v) is 3.95. The fraction of sp³-hybridized carbons (Fsp3) is 0. The summed E-state index contributed by atoms with van der Waals surface area (Å²) >= 11 is 0. The molecule has 25 heavy (non-hydrogen) atoms. The third-order valence-electron chi connectivity index (χ3n) is 3.95. The molecule has 0 amide bonds. The smallest absolute Gasteiger partial charge is 0.281 e. The van der Waals surface area contributed by atoms with Gasteiger partial charge in [0.1, 0.15) is 5.76 Å². The normalized spacial score (nSPS) is 10.9. The van der Waals surface area contributed by atoms with Gasteiger partial charge in [0.2, 0.25) is 0 Å². The van der Waals surface area contributed by atoms with E-state index in [-0.39, 0.29) is 11.2 Å². The largest absolute Gasteiger partial charge is 0.464 e. The zero-order chi connectivity index (χ0) is 17.4. The van der Waals surface area contributed by atoms with Crippen molar-refractivity contribution in [2.75, 3.05) is 0 Å². The van der Waals surface area contributed by atoms with Gasteiger partial charge in [-0.3, -0.25) is 14.9 Å². The number of nitro groups is 1. The Balaban J connectivity index is 1.96. The molecular weight excluding hydrogens is 322 g/mol. The molecule has 0 aliphatic carbocycles. The predicted octanol–water partition coefficient (Wildman–Crippen LogP) is 3.76. The Labute approximate surface area is 140 Å². The highest BCUT2D eigenvalue weighted by Crippen LogP contribution is 2.35. The minimum absolute atomic E-state index is 0.0930. The lowest BCUT2D eigenvalue weighted by Gasteiger charge is -2.07. The summed E-state index contributed by atoms with van der Waals surface area (Å²) in [5.41, 5.74) is 0.997. The molecule has 0 spiro atoms. The van der Waals surface area contributed by atoms with Crippen LogP contribution in [-0.2, 0) is 0 Å². The van der Waals surface area contributed by atoms with Crippen LogP contribution in [0.1, 0.15) is 0 Å².